The minimum Gasteiger partial charge on any atom is -0.356 e. The van der Waals surface area contributed by atoms with Crippen LogP contribution >= 0.6 is 11.6 Å². The van der Waals surface area contributed by atoms with Crippen molar-refractivity contribution in [3.05, 3.63) is 34.9 Å². The number of hydrogen-bond donors (Lipinski definition) is 2. The van der Waals surface area contributed by atoms with Crippen LogP contribution in [-0.2, 0) is 9.84 Å². The van der Waals surface area contributed by atoms with Gasteiger partial charge < -0.3 is 10.6 Å². The third-order valence-corrected chi connectivity index (χ3v) is 7.04. The number of benzene rings is 1. The van der Waals surface area contributed by atoms with Crippen molar-refractivity contribution in [2.24, 2.45) is 10.9 Å². The summed E-state index contributed by atoms with van der Waals surface area (Å²) in [7, 11) is 0.873. The van der Waals surface area contributed by atoms with E-state index in [1.165, 1.54) is 5.56 Å². The molecule has 1 aromatic rings. The van der Waals surface area contributed by atoms with Crippen LogP contribution in [0.4, 0.5) is 0 Å². The molecule has 0 saturated carbocycles. The summed E-state index contributed by atoms with van der Waals surface area (Å²) in [6.07, 6.45) is 2.27. The van der Waals surface area contributed by atoms with Gasteiger partial charge in [0.1, 0.15) is 0 Å². The smallest absolute Gasteiger partial charge is 0.191 e. The minimum atomic E-state index is -2.98. The molecule has 152 valence electrons. The Morgan fingerprint density at radius 1 is 1.37 bits per heavy atom. The summed E-state index contributed by atoms with van der Waals surface area (Å²) in [4.78, 5) is 6.59. The van der Waals surface area contributed by atoms with Crippen LogP contribution < -0.4 is 10.6 Å². The topological polar surface area (TPSA) is 73.8 Å². The summed E-state index contributed by atoms with van der Waals surface area (Å²) in [6, 6.07) is 8.37. The molecule has 0 radical (unpaired) electrons. The van der Waals surface area contributed by atoms with E-state index in [1.807, 2.05) is 18.2 Å². The van der Waals surface area contributed by atoms with Gasteiger partial charge in [0.2, 0.25) is 0 Å². The van der Waals surface area contributed by atoms with Gasteiger partial charge in [-0.2, -0.15) is 0 Å². The van der Waals surface area contributed by atoms with Gasteiger partial charge in [-0.05, 0) is 50.0 Å². The summed E-state index contributed by atoms with van der Waals surface area (Å²) < 4.78 is 23.2. The third-order valence-electron chi connectivity index (χ3n) is 5.10. The Morgan fingerprint density at radius 2 is 2.15 bits per heavy atom. The molecule has 1 fully saturated rings. The molecule has 1 aliphatic rings. The fourth-order valence-corrected chi connectivity index (χ4v) is 4.51. The van der Waals surface area contributed by atoms with Crippen LogP contribution in [0.1, 0.15) is 31.4 Å². The van der Waals surface area contributed by atoms with E-state index in [4.69, 9.17) is 11.6 Å². The van der Waals surface area contributed by atoms with Gasteiger partial charge in [-0.1, -0.05) is 30.7 Å². The average molecular weight is 415 g/mol. The largest absolute Gasteiger partial charge is 0.356 e. The summed E-state index contributed by atoms with van der Waals surface area (Å²) in [5.41, 5.74) is 1.23. The van der Waals surface area contributed by atoms with Crippen molar-refractivity contribution in [3.63, 3.8) is 0 Å². The Balaban J connectivity index is 1.96. The van der Waals surface area contributed by atoms with E-state index in [1.54, 1.807) is 14.0 Å². The number of nitrogens with zero attached hydrogens (tertiary/aromatic N) is 2. The standard InChI is InChI=1S/C19H31ClN4O2S/c1-4-27(25,26)12-10-22-19(21-2)23-14-16-8-6-11-24(3)18(16)15-7-5-9-17(20)13-15/h5,7,9,13,16,18H,4,6,8,10-12,14H2,1-3H3,(H2,21,22,23). The Morgan fingerprint density at radius 3 is 2.81 bits per heavy atom. The van der Waals surface area contributed by atoms with Crippen LogP contribution in [0, 0.1) is 5.92 Å². The van der Waals surface area contributed by atoms with Gasteiger partial charge in [0.25, 0.3) is 0 Å². The maximum Gasteiger partial charge on any atom is 0.191 e. The van der Waals surface area contributed by atoms with Gasteiger partial charge in [-0.3, -0.25) is 9.89 Å². The molecule has 27 heavy (non-hydrogen) atoms. The molecule has 0 bridgehead atoms. The van der Waals surface area contributed by atoms with Crippen molar-refractivity contribution < 1.29 is 8.42 Å². The zero-order valence-electron chi connectivity index (χ0n) is 16.4. The number of piperidine rings is 1. The summed E-state index contributed by atoms with van der Waals surface area (Å²) in [5, 5.41) is 7.22. The Kier molecular flexibility index (Phi) is 8.38. The Hall–Kier alpha value is -1.31. The molecular weight excluding hydrogens is 384 g/mol. The van der Waals surface area contributed by atoms with Crippen molar-refractivity contribution in [2.45, 2.75) is 25.8 Å². The van der Waals surface area contributed by atoms with Gasteiger partial charge in [0.15, 0.2) is 15.8 Å². The van der Waals surface area contributed by atoms with Gasteiger partial charge in [0.05, 0.1) is 5.75 Å². The number of halogens is 1. The zero-order chi connectivity index (χ0) is 19.9. The van der Waals surface area contributed by atoms with E-state index in [0.717, 1.165) is 31.0 Å². The number of likely N-dealkylation sites (tertiary alicyclic amines) is 1. The molecule has 1 heterocycles. The number of rotatable bonds is 7. The molecule has 0 spiro atoms. The highest BCUT2D eigenvalue weighted by Gasteiger charge is 2.30. The van der Waals surface area contributed by atoms with E-state index < -0.39 is 9.84 Å². The lowest BCUT2D eigenvalue weighted by molar-refractivity contribution is 0.122. The summed E-state index contributed by atoms with van der Waals surface area (Å²) >= 11 is 6.20. The van der Waals surface area contributed by atoms with Crippen molar-refractivity contribution >= 4 is 27.4 Å². The molecule has 1 saturated heterocycles. The molecule has 0 aliphatic carbocycles. The first-order chi connectivity index (χ1) is 12.9. The Labute approximate surface area is 168 Å². The minimum absolute atomic E-state index is 0.113. The SMILES string of the molecule is CCS(=O)(=O)CCNC(=NC)NCC1CCCN(C)C1c1cccc(Cl)c1. The molecule has 2 unspecified atom stereocenters. The van der Waals surface area contributed by atoms with Crippen LogP contribution in [-0.4, -0.2) is 64.5 Å². The van der Waals surface area contributed by atoms with E-state index >= 15 is 0 Å². The predicted octanol–water partition coefficient (Wildman–Crippen LogP) is 2.32. The fourth-order valence-electron chi connectivity index (χ4n) is 3.61. The van der Waals surface area contributed by atoms with E-state index in [-0.39, 0.29) is 11.5 Å². The van der Waals surface area contributed by atoms with Gasteiger partial charge in [0, 0.05) is 37.0 Å². The summed E-state index contributed by atoms with van der Waals surface area (Å²) in [6.45, 7) is 3.85. The van der Waals surface area contributed by atoms with Crippen molar-refractivity contribution in [1.29, 1.82) is 0 Å². The predicted molar refractivity (Wildman–Crippen MR) is 113 cm³/mol. The van der Waals surface area contributed by atoms with Crippen LogP contribution in [0.5, 0.6) is 0 Å². The first kappa shape index (κ1) is 22.0. The van der Waals surface area contributed by atoms with Crippen molar-refractivity contribution in [2.75, 3.05) is 45.2 Å². The fraction of sp³-hybridized carbons (Fsp3) is 0.632. The van der Waals surface area contributed by atoms with Gasteiger partial charge in [-0.25, -0.2) is 8.42 Å². The van der Waals surface area contributed by atoms with Crippen LogP contribution in [0.25, 0.3) is 0 Å². The molecule has 6 nitrogen and oxygen atoms in total. The molecule has 1 aliphatic heterocycles. The van der Waals surface area contributed by atoms with Gasteiger partial charge in [-0.15, -0.1) is 0 Å². The lowest BCUT2D eigenvalue weighted by atomic mass is 9.85. The van der Waals surface area contributed by atoms with Crippen LogP contribution in [0.15, 0.2) is 29.3 Å². The maximum atomic E-state index is 11.6. The van der Waals surface area contributed by atoms with Crippen LogP contribution in [0.3, 0.4) is 0 Å². The highest BCUT2D eigenvalue weighted by molar-refractivity contribution is 7.91. The van der Waals surface area contributed by atoms with Crippen molar-refractivity contribution in [1.82, 2.24) is 15.5 Å². The number of hydrogen-bond acceptors (Lipinski definition) is 4. The third kappa shape index (κ3) is 6.66. The number of guanidine groups is 1. The van der Waals surface area contributed by atoms with E-state index in [9.17, 15) is 8.42 Å². The Bertz CT molecular complexity index is 739. The second kappa shape index (κ2) is 10.3. The summed E-state index contributed by atoms with van der Waals surface area (Å²) in [5.74, 6) is 1.33. The first-order valence-electron chi connectivity index (χ1n) is 9.47. The van der Waals surface area contributed by atoms with E-state index in [2.05, 4.69) is 33.6 Å². The van der Waals surface area contributed by atoms with Crippen molar-refractivity contribution in [3.8, 4) is 0 Å². The van der Waals surface area contributed by atoms with Gasteiger partial charge >= 0.3 is 0 Å². The zero-order valence-corrected chi connectivity index (χ0v) is 18.0. The molecular formula is C19H31ClN4O2S. The second-order valence-electron chi connectivity index (χ2n) is 7.00. The monoisotopic (exact) mass is 414 g/mol. The molecule has 0 aromatic heterocycles. The van der Waals surface area contributed by atoms with E-state index in [0.29, 0.717) is 24.5 Å². The number of nitrogens with one attached hydrogen (secondary N) is 2. The highest BCUT2D eigenvalue weighted by Crippen LogP contribution is 2.35. The first-order valence-corrected chi connectivity index (χ1v) is 11.7. The molecule has 0 amide bonds. The highest BCUT2D eigenvalue weighted by atomic mass is 35.5. The molecule has 8 heteroatoms. The number of aliphatic imine (C=N–C) groups is 1. The molecule has 2 atom stereocenters. The molecule has 2 N–H and O–H groups in total. The molecule has 2 rings (SSSR count). The normalized spacial score (nSPS) is 21.9. The average Bonchev–Trinajstić information content (AvgIpc) is 2.64. The lowest BCUT2D eigenvalue weighted by Gasteiger charge is -2.40. The molecule has 1 aromatic carbocycles. The van der Waals surface area contributed by atoms with Crippen LogP contribution in [0.2, 0.25) is 5.02 Å². The lowest BCUT2D eigenvalue weighted by Crippen LogP contribution is -2.45. The maximum absolute atomic E-state index is 11.6. The quantitative estimate of drug-likeness (QED) is 0.529. The number of sulfone groups is 1. The second-order valence-corrected chi connectivity index (χ2v) is 9.91.